The fourth-order valence-electron chi connectivity index (χ4n) is 3.41. The van der Waals surface area contributed by atoms with Crippen molar-refractivity contribution in [3.8, 4) is 0 Å². The topological polar surface area (TPSA) is 53.0 Å². The van der Waals surface area contributed by atoms with E-state index < -0.39 is 0 Å². The fraction of sp³-hybridized carbons (Fsp3) is 0.778. The highest BCUT2D eigenvalue weighted by Crippen LogP contribution is 2.24. The number of thiazole rings is 1. The van der Waals surface area contributed by atoms with E-state index in [9.17, 15) is 0 Å². The Morgan fingerprint density at radius 3 is 3.04 bits per heavy atom. The average Bonchev–Trinajstić information content (AvgIpc) is 3.35. The Morgan fingerprint density at radius 2 is 2.32 bits per heavy atom. The lowest BCUT2D eigenvalue weighted by atomic mass is 10.1. The molecule has 1 aromatic heterocycles. The molecule has 0 amide bonds. The van der Waals surface area contributed by atoms with Crippen LogP contribution in [0.3, 0.4) is 0 Å². The largest absolute Gasteiger partial charge is 0.381 e. The van der Waals surface area contributed by atoms with Gasteiger partial charge in [0.15, 0.2) is 11.1 Å². The summed E-state index contributed by atoms with van der Waals surface area (Å²) in [5, 5.41) is 6.77. The summed E-state index contributed by atoms with van der Waals surface area (Å²) in [5.41, 5.74) is 1.17. The second-order valence-electron chi connectivity index (χ2n) is 6.91. The lowest BCUT2D eigenvalue weighted by molar-refractivity contribution is 0.181. The van der Waals surface area contributed by atoms with E-state index in [0.29, 0.717) is 5.92 Å². The van der Waals surface area contributed by atoms with Gasteiger partial charge in [0.05, 0.1) is 12.3 Å². The number of anilines is 1. The van der Waals surface area contributed by atoms with Crippen LogP contribution in [0.15, 0.2) is 10.4 Å². The molecular weight excluding hydrogens is 334 g/mol. The standard InChI is InChI=1S/C18H31N5OS/c1-3-19-17(22(2)12-15-7-11-24-13-15)20-8-6-16-14-25-18(21-16)23-9-4-5-10-23/h14-15H,3-13H2,1-2H3,(H,19,20). The van der Waals surface area contributed by atoms with Crippen molar-refractivity contribution >= 4 is 22.4 Å². The van der Waals surface area contributed by atoms with Gasteiger partial charge in [-0.3, -0.25) is 4.99 Å². The van der Waals surface area contributed by atoms with Crippen LogP contribution in [-0.2, 0) is 11.2 Å². The Hall–Kier alpha value is -1.34. The summed E-state index contributed by atoms with van der Waals surface area (Å²) >= 11 is 1.77. The number of nitrogens with zero attached hydrogens (tertiary/aromatic N) is 4. The summed E-state index contributed by atoms with van der Waals surface area (Å²) in [7, 11) is 2.12. The molecule has 6 nitrogen and oxygen atoms in total. The lowest BCUT2D eigenvalue weighted by Crippen LogP contribution is -2.41. The van der Waals surface area contributed by atoms with Crippen molar-refractivity contribution in [2.45, 2.75) is 32.6 Å². The molecule has 0 saturated carbocycles. The number of hydrogen-bond donors (Lipinski definition) is 1. The number of ether oxygens (including phenoxy) is 1. The summed E-state index contributed by atoms with van der Waals surface area (Å²) in [6, 6.07) is 0. The van der Waals surface area contributed by atoms with Crippen molar-refractivity contribution in [3.05, 3.63) is 11.1 Å². The Balaban J connectivity index is 1.50. The van der Waals surface area contributed by atoms with Gasteiger partial charge in [0.1, 0.15) is 0 Å². The number of aliphatic imine (C=N–C) groups is 1. The summed E-state index contributed by atoms with van der Waals surface area (Å²) in [4.78, 5) is 14.2. The van der Waals surface area contributed by atoms with E-state index >= 15 is 0 Å². The highest BCUT2D eigenvalue weighted by molar-refractivity contribution is 7.13. The summed E-state index contributed by atoms with van der Waals surface area (Å²) in [6.07, 6.45) is 4.65. The maximum atomic E-state index is 5.48. The van der Waals surface area contributed by atoms with Crippen LogP contribution in [0.2, 0.25) is 0 Å². The molecule has 0 aromatic carbocycles. The predicted molar refractivity (Wildman–Crippen MR) is 105 cm³/mol. The molecule has 0 radical (unpaired) electrons. The van der Waals surface area contributed by atoms with E-state index in [1.807, 2.05) is 0 Å². The molecular formula is C18H31N5OS. The van der Waals surface area contributed by atoms with Crippen LogP contribution in [0, 0.1) is 5.92 Å². The van der Waals surface area contributed by atoms with Crippen LogP contribution in [0.25, 0.3) is 0 Å². The highest BCUT2D eigenvalue weighted by Gasteiger charge is 2.19. The van der Waals surface area contributed by atoms with Gasteiger partial charge in [-0.05, 0) is 26.2 Å². The summed E-state index contributed by atoms with van der Waals surface area (Å²) < 4.78 is 5.48. The third-order valence-electron chi connectivity index (χ3n) is 4.80. The third-order valence-corrected chi connectivity index (χ3v) is 5.75. The number of nitrogens with one attached hydrogen (secondary N) is 1. The molecule has 3 rings (SSSR count). The van der Waals surface area contributed by atoms with Crippen LogP contribution < -0.4 is 10.2 Å². The highest BCUT2D eigenvalue weighted by atomic mass is 32.1. The predicted octanol–water partition coefficient (Wildman–Crippen LogP) is 2.22. The van der Waals surface area contributed by atoms with E-state index in [-0.39, 0.29) is 0 Å². The zero-order valence-electron chi connectivity index (χ0n) is 15.5. The van der Waals surface area contributed by atoms with Crippen molar-refractivity contribution in [1.29, 1.82) is 0 Å². The summed E-state index contributed by atoms with van der Waals surface area (Å²) in [6.45, 7) is 8.87. The second kappa shape index (κ2) is 9.38. The average molecular weight is 366 g/mol. The first-order valence-electron chi connectivity index (χ1n) is 9.52. The molecule has 25 heavy (non-hydrogen) atoms. The molecule has 140 valence electrons. The van der Waals surface area contributed by atoms with Gasteiger partial charge in [0.25, 0.3) is 0 Å². The normalized spacial score (nSPS) is 21.1. The van der Waals surface area contributed by atoms with E-state index in [1.165, 1.54) is 23.7 Å². The van der Waals surface area contributed by atoms with Gasteiger partial charge >= 0.3 is 0 Å². The van der Waals surface area contributed by atoms with Crippen molar-refractivity contribution < 1.29 is 4.74 Å². The van der Waals surface area contributed by atoms with Gasteiger partial charge < -0.3 is 19.9 Å². The molecule has 1 aromatic rings. The smallest absolute Gasteiger partial charge is 0.193 e. The van der Waals surface area contributed by atoms with Gasteiger partial charge in [0, 0.05) is 64.1 Å². The number of aromatic nitrogens is 1. The van der Waals surface area contributed by atoms with E-state index in [1.54, 1.807) is 11.3 Å². The number of guanidine groups is 1. The molecule has 1 atom stereocenters. The molecule has 2 aliphatic rings. The summed E-state index contributed by atoms with van der Waals surface area (Å²) in [5.74, 6) is 1.61. The first kappa shape index (κ1) is 18.5. The van der Waals surface area contributed by atoms with E-state index in [0.717, 1.165) is 64.7 Å². The Bertz CT molecular complexity index is 549. The van der Waals surface area contributed by atoms with Crippen molar-refractivity contribution in [1.82, 2.24) is 15.2 Å². The first-order valence-corrected chi connectivity index (χ1v) is 10.4. The Labute approximate surface area is 155 Å². The van der Waals surface area contributed by atoms with E-state index in [2.05, 4.69) is 34.5 Å². The second-order valence-corrected chi connectivity index (χ2v) is 7.75. The van der Waals surface area contributed by atoms with Crippen molar-refractivity contribution in [3.63, 3.8) is 0 Å². The van der Waals surface area contributed by atoms with Crippen LogP contribution in [0.1, 0.15) is 31.9 Å². The molecule has 1 N–H and O–H groups in total. The van der Waals surface area contributed by atoms with Gasteiger partial charge in [-0.25, -0.2) is 4.98 Å². The minimum Gasteiger partial charge on any atom is -0.381 e. The monoisotopic (exact) mass is 365 g/mol. The van der Waals surface area contributed by atoms with Crippen LogP contribution in [0.4, 0.5) is 5.13 Å². The molecule has 3 heterocycles. The zero-order valence-corrected chi connectivity index (χ0v) is 16.4. The van der Waals surface area contributed by atoms with Crippen LogP contribution in [-0.4, -0.2) is 68.8 Å². The molecule has 7 heteroatoms. The Morgan fingerprint density at radius 1 is 1.48 bits per heavy atom. The maximum absolute atomic E-state index is 5.48. The van der Waals surface area contributed by atoms with Gasteiger partial charge in [-0.15, -0.1) is 11.3 Å². The van der Waals surface area contributed by atoms with Crippen LogP contribution >= 0.6 is 11.3 Å². The SMILES string of the molecule is CCNC(=NCCc1csc(N2CCCC2)n1)N(C)CC1CCOC1. The zero-order chi connectivity index (χ0) is 17.5. The van der Waals surface area contributed by atoms with Crippen molar-refractivity contribution in [2.24, 2.45) is 10.9 Å². The molecule has 2 saturated heterocycles. The fourth-order valence-corrected chi connectivity index (χ4v) is 4.33. The number of hydrogen-bond acceptors (Lipinski definition) is 5. The molecule has 2 aliphatic heterocycles. The van der Waals surface area contributed by atoms with Gasteiger partial charge in [-0.2, -0.15) is 0 Å². The molecule has 2 fully saturated rings. The minimum absolute atomic E-state index is 0.621. The molecule has 0 aliphatic carbocycles. The Kier molecular flexibility index (Phi) is 6.93. The van der Waals surface area contributed by atoms with Gasteiger partial charge in [0.2, 0.25) is 0 Å². The molecule has 0 spiro atoms. The molecule has 0 bridgehead atoms. The third kappa shape index (κ3) is 5.31. The van der Waals surface area contributed by atoms with Crippen molar-refractivity contribution in [2.75, 3.05) is 57.9 Å². The number of rotatable bonds is 7. The quantitative estimate of drug-likeness (QED) is 0.593. The lowest BCUT2D eigenvalue weighted by Gasteiger charge is -2.24. The molecule has 1 unspecified atom stereocenters. The first-order chi connectivity index (χ1) is 12.3. The maximum Gasteiger partial charge on any atom is 0.193 e. The van der Waals surface area contributed by atoms with E-state index in [4.69, 9.17) is 14.7 Å². The minimum atomic E-state index is 0.621. The van der Waals surface area contributed by atoms with Crippen LogP contribution in [0.5, 0.6) is 0 Å². The van der Waals surface area contributed by atoms with Gasteiger partial charge in [-0.1, -0.05) is 0 Å².